The van der Waals surface area contributed by atoms with Crippen molar-refractivity contribution in [3.8, 4) is 0 Å². The Morgan fingerprint density at radius 1 is 1.54 bits per heavy atom. The van der Waals surface area contributed by atoms with Gasteiger partial charge in [0, 0.05) is 5.75 Å². The Balaban J connectivity index is 2.77. The van der Waals surface area contributed by atoms with Gasteiger partial charge in [-0.2, -0.15) is 17.3 Å². The van der Waals surface area contributed by atoms with Gasteiger partial charge in [0.1, 0.15) is 6.33 Å². The minimum absolute atomic E-state index is 0.590. The van der Waals surface area contributed by atoms with Gasteiger partial charge in [-0.1, -0.05) is 6.92 Å². The molecule has 0 aliphatic rings. The second-order valence-electron chi connectivity index (χ2n) is 2.29. The van der Waals surface area contributed by atoms with E-state index in [1.807, 2.05) is 6.92 Å². The van der Waals surface area contributed by atoms with Gasteiger partial charge in [0.05, 0.1) is 0 Å². The first-order valence-electron chi connectivity index (χ1n) is 3.66. The molecule has 0 fully saturated rings. The predicted molar refractivity (Wildman–Crippen MR) is 43.2 cm³/mol. The van der Waals surface area contributed by atoms with Crippen LogP contribution >= 0.6 is 11.9 Å². The van der Waals surface area contributed by atoms with Gasteiger partial charge in [0.2, 0.25) is 5.82 Å². The number of hydrogen-bond donors (Lipinski definition) is 0. The van der Waals surface area contributed by atoms with E-state index in [4.69, 9.17) is 0 Å². The molecule has 0 aliphatic heterocycles. The first-order chi connectivity index (χ1) is 6.05. The van der Waals surface area contributed by atoms with Crippen molar-refractivity contribution in [1.29, 1.82) is 0 Å². The maximum Gasteiger partial charge on any atom is 0.452 e. The number of hydrogen-bond acceptors (Lipinski definition) is 3. The van der Waals surface area contributed by atoms with E-state index in [1.54, 1.807) is 0 Å². The Bertz CT molecular complexity index is 270. The molecule has 0 bridgehead atoms. The molecule has 7 heteroatoms. The molecule has 0 aliphatic carbocycles. The second-order valence-corrected chi connectivity index (χ2v) is 3.30. The highest BCUT2D eigenvalue weighted by atomic mass is 32.2. The minimum Gasteiger partial charge on any atom is -0.210 e. The lowest BCUT2D eigenvalue weighted by Gasteiger charge is -2.06. The van der Waals surface area contributed by atoms with Crippen molar-refractivity contribution in [2.24, 2.45) is 0 Å². The molecule has 0 spiro atoms. The van der Waals surface area contributed by atoms with E-state index in [0.717, 1.165) is 28.8 Å². The predicted octanol–water partition coefficient (Wildman–Crippen LogP) is 2.20. The van der Waals surface area contributed by atoms with Gasteiger partial charge in [-0.25, -0.2) is 4.98 Å². The Morgan fingerprint density at radius 3 is 2.77 bits per heavy atom. The van der Waals surface area contributed by atoms with Gasteiger partial charge >= 0.3 is 6.18 Å². The fourth-order valence-electron chi connectivity index (χ4n) is 0.685. The van der Waals surface area contributed by atoms with Crippen LogP contribution in [0.5, 0.6) is 0 Å². The highest BCUT2D eigenvalue weighted by molar-refractivity contribution is 7.97. The SMILES string of the molecule is CCCSn1ncnc1C(F)(F)F. The molecule has 1 heterocycles. The lowest BCUT2D eigenvalue weighted by molar-refractivity contribution is -0.145. The van der Waals surface area contributed by atoms with Crippen LogP contribution in [0.1, 0.15) is 19.2 Å². The molecule has 13 heavy (non-hydrogen) atoms. The summed E-state index contributed by atoms with van der Waals surface area (Å²) in [6.07, 6.45) is -2.72. The molecule has 1 rings (SSSR count). The normalized spacial score (nSPS) is 12.0. The Hall–Kier alpha value is -0.720. The van der Waals surface area contributed by atoms with Crippen molar-refractivity contribution in [3.63, 3.8) is 0 Å². The zero-order chi connectivity index (χ0) is 9.90. The zero-order valence-electron chi connectivity index (χ0n) is 6.88. The van der Waals surface area contributed by atoms with E-state index >= 15 is 0 Å². The van der Waals surface area contributed by atoms with Gasteiger partial charge in [0.25, 0.3) is 0 Å². The summed E-state index contributed by atoms with van der Waals surface area (Å²) in [4.78, 5) is 3.15. The summed E-state index contributed by atoms with van der Waals surface area (Å²) in [6.45, 7) is 1.89. The third kappa shape index (κ3) is 2.61. The Labute approximate surface area is 77.5 Å². The summed E-state index contributed by atoms with van der Waals surface area (Å²) in [5, 5.41) is 3.47. The summed E-state index contributed by atoms with van der Waals surface area (Å²) in [7, 11) is 0. The van der Waals surface area contributed by atoms with E-state index in [1.165, 1.54) is 0 Å². The molecule has 0 aromatic carbocycles. The summed E-state index contributed by atoms with van der Waals surface area (Å²) >= 11 is 1.00. The number of alkyl halides is 3. The van der Waals surface area contributed by atoms with Crippen LogP contribution in [0.3, 0.4) is 0 Å². The van der Waals surface area contributed by atoms with Crippen molar-refractivity contribution in [1.82, 2.24) is 14.2 Å². The molecule has 0 saturated carbocycles. The minimum atomic E-state index is -4.42. The topological polar surface area (TPSA) is 30.7 Å². The number of nitrogens with zero attached hydrogens (tertiary/aromatic N) is 3. The third-order valence-electron chi connectivity index (χ3n) is 1.19. The van der Waals surface area contributed by atoms with E-state index in [2.05, 4.69) is 10.1 Å². The van der Waals surface area contributed by atoms with Crippen LogP contribution in [-0.2, 0) is 6.18 Å². The van der Waals surface area contributed by atoms with Crippen LogP contribution in [-0.4, -0.2) is 19.9 Å². The van der Waals surface area contributed by atoms with Crippen LogP contribution in [0.2, 0.25) is 0 Å². The average molecular weight is 211 g/mol. The lowest BCUT2D eigenvalue weighted by Crippen LogP contribution is -2.12. The molecule has 0 atom stereocenters. The number of rotatable bonds is 3. The molecule has 1 aromatic rings. The monoisotopic (exact) mass is 211 g/mol. The maximum absolute atomic E-state index is 12.2. The third-order valence-corrected chi connectivity index (χ3v) is 2.29. The maximum atomic E-state index is 12.2. The molecular formula is C6H8F3N3S. The number of halogens is 3. The van der Waals surface area contributed by atoms with Crippen molar-refractivity contribution < 1.29 is 13.2 Å². The van der Waals surface area contributed by atoms with Gasteiger partial charge < -0.3 is 0 Å². The van der Waals surface area contributed by atoms with Crippen LogP contribution in [0.15, 0.2) is 6.33 Å². The summed E-state index contributed by atoms with van der Waals surface area (Å²) in [5.74, 6) is -0.363. The number of aromatic nitrogens is 3. The molecule has 0 radical (unpaired) electrons. The summed E-state index contributed by atoms with van der Waals surface area (Å²) in [6, 6.07) is 0. The van der Waals surface area contributed by atoms with Crippen molar-refractivity contribution in [3.05, 3.63) is 12.2 Å². The van der Waals surface area contributed by atoms with Crippen molar-refractivity contribution in [2.45, 2.75) is 19.5 Å². The van der Waals surface area contributed by atoms with E-state index < -0.39 is 12.0 Å². The molecule has 0 amide bonds. The average Bonchev–Trinajstić information content (AvgIpc) is 2.47. The van der Waals surface area contributed by atoms with Crippen molar-refractivity contribution >= 4 is 11.9 Å². The van der Waals surface area contributed by atoms with Crippen molar-refractivity contribution in [2.75, 3.05) is 5.75 Å². The van der Waals surface area contributed by atoms with E-state index in [9.17, 15) is 13.2 Å². The molecule has 3 nitrogen and oxygen atoms in total. The van der Waals surface area contributed by atoms with Crippen LogP contribution in [0.4, 0.5) is 13.2 Å². The first kappa shape index (κ1) is 10.4. The Morgan fingerprint density at radius 2 is 2.23 bits per heavy atom. The molecular weight excluding hydrogens is 203 g/mol. The van der Waals surface area contributed by atoms with Crippen LogP contribution in [0.25, 0.3) is 0 Å². The van der Waals surface area contributed by atoms with Crippen LogP contribution in [0, 0.1) is 0 Å². The standard InChI is InChI=1S/C6H8F3N3S/c1-2-3-13-12-5(6(7,8)9)10-4-11-12/h4H,2-3H2,1H3. The largest absolute Gasteiger partial charge is 0.452 e. The fraction of sp³-hybridized carbons (Fsp3) is 0.667. The lowest BCUT2D eigenvalue weighted by atomic mass is 10.6. The van der Waals surface area contributed by atoms with Crippen LogP contribution < -0.4 is 0 Å². The quantitative estimate of drug-likeness (QED) is 0.767. The summed E-state index contributed by atoms with van der Waals surface area (Å²) < 4.78 is 37.3. The molecule has 0 unspecified atom stereocenters. The highest BCUT2D eigenvalue weighted by Crippen LogP contribution is 2.28. The molecule has 0 N–H and O–H groups in total. The molecule has 74 valence electrons. The first-order valence-corrected chi connectivity index (χ1v) is 4.60. The van der Waals surface area contributed by atoms with E-state index in [-0.39, 0.29) is 0 Å². The van der Waals surface area contributed by atoms with Gasteiger partial charge in [-0.3, -0.25) is 0 Å². The molecule has 1 aromatic heterocycles. The van der Waals surface area contributed by atoms with Gasteiger partial charge in [-0.15, -0.1) is 5.10 Å². The Kier molecular flexibility index (Phi) is 3.18. The second kappa shape index (κ2) is 3.99. The van der Waals surface area contributed by atoms with Gasteiger partial charge in [-0.05, 0) is 18.4 Å². The molecule has 0 saturated heterocycles. The van der Waals surface area contributed by atoms with E-state index in [0.29, 0.717) is 5.75 Å². The highest BCUT2D eigenvalue weighted by Gasteiger charge is 2.37. The smallest absolute Gasteiger partial charge is 0.210 e. The zero-order valence-corrected chi connectivity index (χ0v) is 7.69. The fourth-order valence-corrected chi connectivity index (χ4v) is 1.42. The summed E-state index contributed by atoms with van der Waals surface area (Å²) in [5.41, 5.74) is 0. The van der Waals surface area contributed by atoms with Gasteiger partial charge in [0.15, 0.2) is 0 Å².